The van der Waals surface area contributed by atoms with E-state index in [9.17, 15) is 4.79 Å². The minimum Gasteiger partial charge on any atom is -0.469 e. The van der Waals surface area contributed by atoms with Crippen LogP contribution in [0.5, 0.6) is 0 Å². The highest BCUT2D eigenvalue weighted by atomic mass is 32.2. The lowest BCUT2D eigenvalue weighted by Gasteiger charge is -2.31. The molecule has 1 aliphatic rings. The smallest absolute Gasteiger partial charge is 0.309 e. The van der Waals surface area contributed by atoms with Crippen molar-refractivity contribution in [2.45, 2.75) is 26.2 Å². The van der Waals surface area contributed by atoms with Crippen LogP contribution in [0.1, 0.15) is 26.2 Å². The van der Waals surface area contributed by atoms with Crippen LogP contribution in [0, 0.1) is 5.92 Å². The van der Waals surface area contributed by atoms with Gasteiger partial charge in [0.2, 0.25) is 0 Å². The maximum absolute atomic E-state index is 11.4. The lowest BCUT2D eigenvalue weighted by atomic mass is 9.98. The van der Waals surface area contributed by atoms with Crippen LogP contribution in [0.2, 0.25) is 0 Å². The van der Waals surface area contributed by atoms with Crippen molar-refractivity contribution in [3.8, 4) is 0 Å². The highest BCUT2D eigenvalue weighted by molar-refractivity contribution is 7.99. The fourth-order valence-corrected chi connectivity index (χ4v) is 2.77. The van der Waals surface area contributed by atoms with Gasteiger partial charge in [-0.05, 0) is 43.9 Å². The molecule has 16 heavy (non-hydrogen) atoms. The Morgan fingerprint density at radius 3 is 3.06 bits per heavy atom. The first-order valence-corrected chi connectivity index (χ1v) is 7.31. The second-order valence-electron chi connectivity index (χ2n) is 4.21. The Labute approximate surface area is 103 Å². The average Bonchev–Trinajstić information content (AvgIpc) is 2.34. The third-order valence-corrected chi connectivity index (χ3v) is 3.99. The van der Waals surface area contributed by atoms with Gasteiger partial charge in [0.25, 0.3) is 0 Å². The summed E-state index contributed by atoms with van der Waals surface area (Å²) in [6.07, 6.45) is 3.35. The number of methoxy groups -OCH3 is 1. The molecule has 0 unspecified atom stereocenters. The molecule has 1 aliphatic heterocycles. The van der Waals surface area contributed by atoms with E-state index in [2.05, 4.69) is 11.8 Å². The van der Waals surface area contributed by atoms with Crippen molar-refractivity contribution in [2.75, 3.05) is 38.2 Å². The molecule has 94 valence electrons. The molecule has 1 rings (SSSR count). The number of nitrogens with zero attached hydrogens (tertiary/aromatic N) is 1. The molecule has 0 aromatic rings. The summed E-state index contributed by atoms with van der Waals surface area (Å²) in [5.74, 6) is 2.51. The van der Waals surface area contributed by atoms with Crippen molar-refractivity contribution in [2.24, 2.45) is 5.92 Å². The molecule has 0 spiro atoms. The number of carbonyl (C=O) groups excluding carboxylic acids is 1. The number of likely N-dealkylation sites (tertiary alicyclic amines) is 1. The van der Waals surface area contributed by atoms with Gasteiger partial charge < -0.3 is 9.64 Å². The molecule has 0 amide bonds. The third-order valence-electron chi connectivity index (χ3n) is 3.01. The van der Waals surface area contributed by atoms with Crippen LogP contribution in [0.15, 0.2) is 0 Å². The van der Waals surface area contributed by atoms with Gasteiger partial charge >= 0.3 is 5.97 Å². The first-order valence-electron chi connectivity index (χ1n) is 6.15. The predicted octanol–water partition coefficient (Wildman–Crippen LogP) is 2.01. The number of thioether (sulfide) groups is 1. The van der Waals surface area contributed by atoms with Gasteiger partial charge in [0.05, 0.1) is 13.0 Å². The number of hydrogen-bond acceptors (Lipinski definition) is 4. The number of hydrogen-bond donors (Lipinski definition) is 0. The number of esters is 1. The molecule has 1 saturated heterocycles. The Bertz CT molecular complexity index is 211. The van der Waals surface area contributed by atoms with Gasteiger partial charge in [0.15, 0.2) is 0 Å². The Hall–Kier alpha value is -0.220. The number of piperidine rings is 1. The molecule has 0 saturated carbocycles. The van der Waals surface area contributed by atoms with Crippen LogP contribution < -0.4 is 0 Å². The average molecular weight is 245 g/mol. The van der Waals surface area contributed by atoms with E-state index in [1.807, 2.05) is 11.8 Å². The Morgan fingerprint density at radius 2 is 2.38 bits per heavy atom. The van der Waals surface area contributed by atoms with Gasteiger partial charge in [-0.3, -0.25) is 4.79 Å². The van der Waals surface area contributed by atoms with Crippen LogP contribution >= 0.6 is 11.8 Å². The normalized spacial score (nSPS) is 22.0. The zero-order valence-corrected chi connectivity index (χ0v) is 11.2. The van der Waals surface area contributed by atoms with Gasteiger partial charge in [-0.2, -0.15) is 11.8 Å². The fraction of sp³-hybridized carbons (Fsp3) is 0.917. The molecule has 3 nitrogen and oxygen atoms in total. The van der Waals surface area contributed by atoms with Gasteiger partial charge in [-0.15, -0.1) is 0 Å². The molecule has 0 aromatic heterocycles. The third kappa shape index (κ3) is 4.74. The number of carbonyl (C=O) groups is 1. The molecular formula is C12H23NO2S. The van der Waals surface area contributed by atoms with E-state index >= 15 is 0 Å². The van der Waals surface area contributed by atoms with Crippen molar-refractivity contribution < 1.29 is 9.53 Å². The van der Waals surface area contributed by atoms with Gasteiger partial charge in [0, 0.05) is 6.54 Å². The van der Waals surface area contributed by atoms with Crippen molar-refractivity contribution in [3.05, 3.63) is 0 Å². The van der Waals surface area contributed by atoms with E-state index in [0.717, 1.165) is 32.5 Å². The highest BCUT2D eigenvalue weighted by Crippen LogP contribution is 2.18. The van der Waals surface area contributed by atoms with Crippen LogP contribution in [0.3, 0.4) is 0 Å². The van der Waals surface area contributed by atoms with Crippen LogP contribution in [-0.2, 0) is 9.53 Å². The monoisotopic (exact) mass is 245 g/mol. The van der Waals surface area contributed by atoms with E-state index in [1.165, 1.54) is 25.0 Å². The molecule has 0 aromatic carbocycles. The summed E-state index contributed by atoms with van der Waals surface area (Å²) in [5, 5.41) is 0. The Kier molecular flexibility index (Phi) is 6.88. The molecule has 0 aliphatic carbocycles. The molecule has 1 atom stereocenters. The first-order chi connectivity index (χ1) is 7.77. The standard InChI is InChI=1S/C12H23NO2S/c1-3-16-9-5-8-13-7-4-6-11(10-13)12(14)15-2/h11H,3-10H2,1-2H3/t11-/m0/s1. The van der Waals surface area contributed by atoms with E-state index in [0.29, 0.717) is 0 Å². The topological polar surface area (TPSA) is 29.5 Å². The van der Waals surface area contributed by atoms with E-state index in [4.69, 9.17) is 4.74 Å². The predicted molar refractivity (Wildman–Crippen MR) is 68.8 cm³/mol. The lowest BCUT2D eigenvalue weighted by molar-refractivity contribution is -0.147. The number of rotatable bonds is 6. The van der Waals surface area contributed by atoms with Gasteiger partial charge in [0.1, 0.15) is 0 Å². The molecular weight excluding hydrogens is 222 g/mol. The summed E-state index contributed by atoms with van der Waals surface area (Å²) < 4.78 is 4.81. The zero-order chi connectivity index (χ0) is 11.8. The summed E-state index contributed by atoms with van der Waals surface area (Å²) in [6.45, 7) is 5.35. The van der Waals surface area contributed by atoms with Crippen LogP contribution in [0.4, 0.5) is 0 Å². The number of ether oxygens (including phenoxy) is 1. The maximum atomic E-state index is 11.4. The molecule has 0 radical (unpaired) electrons. The van der Waals surface area contributed by atoms with Crippen molar-refractivity contribution >= 4 is 17.7 Å². The minimum atomic E-state index is -0.0346. The second-order valence-corrected chi connectivity index (χ2v) is 5.61. The van der Waals surface area contributed by atoms with Crippen LogP contribution in [-0.4, -0.2) is 49.1 Å². The minimum absolute atomic E-state index is 0.0346. The van der Waals surface area contributed by atoms with Crippen molar-refractivity contribution in [1.82, 2.24) is 4.90 Å². The first kappa shape index (κ1) is 13.8. The second kappa shape index (κ2) is 7.96. The SMILES string of the molecule is CCSCCCN1CCC[C@H](C(=O)OC)C1. The van der Waals surface area contributed by atoms with Crippen molar-refractivity contribution in [1.29, 1.82) is 0 Å². The van der Waals surface area contributed by atoms with E-state index in [1.54, 1.807) is 0 Å². The van der Waals surface area contributed by atoms with E-state index < -0.39 is 0 Å². The highest BCUT2D eigenvalue weighted by Gasteiger charge is 2.25. The summed E-state index contributed by atoms with van der Waals surface area (Å²) >= 11 is 1.99. The summed E-state index contributed by atoms with van der Waals surface area (Å²) in [7, 11) is 1.49. The Morgan fingerprint density at radius 1 is 1.56 bits per heavy atom. The molecule has 1 fully saturated rings. The summed E-state index contributed by atoms with van der Waals surface area (Å²) in [6, 6.07) is 0. The van der Waals surface area contributed by atoms with E-state index in [-0.39, 0.29) is 11.9 Å². The fourth-order valence-electron chi connectivity index (χ4n) is 2.15. The molecule has 1 heterocycles. The van der Waals surface area contributed by atoms with Gasteiger partial charge in [-0.25, -0.2) is 0 Å². The molecule has 4 heteroatoms. The Balaban J connectivity index is 2.20. The summed E-state index contributed by atoms with van der Waals surface area (Å²) in [5.41, 5.74) is 0. The van der Waals surface area contributed by atoms with Gasteiger partial charge in [-0.1, -0.05) is 6.92 Å². The van der Waals surface area contributed by atoms with Crippen molar-refractivity contribution in [3.63, 3.8) is 0 Å². The molecule has 0 N–H and O–H groups in total. The largest absolute Gasteiger partial charge is 0.469 e. The quantitative estimate of drug-likeness (QED) is 0.529. The maximum Gasteiger partial charge on any atom is 0.309 e. The lowest BCUT2D eigenvalue weighted by Crippen LogP contribution is -2.39. The van der Waals surface area contributed by atoms with Crippen LogP contribution in [0.25, 0.3) is 0 Å². The zero-order valence-electron chi connectivity index (χ0n) is 10.4. The summed E-state index contributed by atoms with van der Waals surface area (Å²) in [4.78, 5) is 13.8. The molecule has 0 bridgehead atoms.